The van der Waals surface area contributed by atoms with Crippen LogP contribution in [0.5, 0.6) is 0 Å². The molecular formula is C20H22Br2. The molecule has 1 unspecified atom stereocenters. The molecule has 2 aromatic carbocycles. The number of unbranched alkanes of at least 4 members (excludes halogenated alkanes) is 1. The fraction of sp³-hybridized carbons (Fsp3) is 0.400. The van der Waals surface area contributed by atoms with Crippen LogP contribution in [0.25, 0.3) is 11.1 Å². The molecule has 2 aromatic rings. The minimum Gasteiger partial charge on any atom is -0.0876 e. The molecule has 116 valence electrons. The third kappa shape index (κ3) is 2.39. The first kappa shape index (κ1) is 16.3. The lowest BCUT2D eigenvalue weighted by molar-refractivity contribution is 0.501. The number of hydrogen-bond donors (Lipinski definition) is 0. The second-order valence-corrected chi connectivity index (χ2v) is 7.50. The van der Waals surface area contributed by atoms with E-state index in [0.717, 1.165) is 10.7 Å². The van der Waals surface area contributed by atoms with Crippen LogP contribution < -0.4 is 0 Å². The van der Waals surface area contributed by atoms with Gasteiger partial charge in [-0.2, -0.15) is 0 Å². The molecule has 0 saturated heterocycles. The molecule has 1 aliphatic rings. The van der Waals surface area contributed by atoms with E-state index in [9.17, 15) is 0 Å². The molecule has 0 saturated carbocycles. The van der Waals surface area contributed by atoms with Crippen molar-refractivity contribution in [2.75, 3.05) is 0 Å². The Kier molecular flexibility index (Phi) is 4.80. The van der Waals surface area contributed by atoms with Gasteiger partial charge in [0.15, 0.2) is 0 Å². The Bertz CT molecular complexity index is 690. The monoisotopic (exact) mass is 420 g/mol. The summed E-state index contributed by atoms with van der Waals surface area (Å²) in [6.07, 6.45) is 3.73. The van der Waals surface area contributed by atoms with Crippen molar-refractivity contribution in [3.05, 3.63) is 58.7 Å². The summed E-state index contributed by atoms with van der Waals surface area (Å²) in [5.41, 5.74) is 8.96. The Morgan fingerprint density at radius 1 is 0.955 bits per heavy atom. The van der Waals surface area contributed by atoms with Crippen LogP contribution in [0.3, 0.4) is 0 Å². The summed E-state index contributed by atoms with van der Waals surface area (Å²) < 4.78 is 0. The highest BCUT2D eigenvalue weighted by Crippen LogP contribution is 2.54. The third-order valence-electron chi connectivity index (χ3n) is 5.04. The lowest BCUT2D eigenvalue weighted by Crippen LogP contribution is -2.22. The lowest BCUT2D eigenvalue weighted by Gasteiger charge is -2.29. The maximum Gasteiger partial charge on any atom is 0.0289 e. The Morgan fingerprint density at radius 2 is 1.64 bits per heavy atom. The van der Waals surface area contributed by atoms with E-state index >= 15 is 0 Å². The molecule has 0 heterocycles. The topological polar surface area (TPSA) is 0 Å². The zero-order chi connectivity index (χ0) is 15.7. The minimum atomic E-state index is 0.142. The first-order valence-electron chi connectivity index (χ1n) is 8.04. The van der Waals surface area contributed by atoms with E-state index < -0.39 is 0 Å². The maximum absolute atomic E-state index is 3.71. The number of halogens is 2. The third-order valence-corrected chi connectivity index (χ3v) is 6.25. The summed E-state index contributed by atoms with van der Waals surface area (Å²) in [5.74, 6) is 0. The highest BCUT2D eigenvalue weighted by atomic mass is 79.9. The Hall–Kier alpha value is -0.600. The highest BCUT2D eigenvalue weighted by molar-refractivity contribution is 9.08. The molecule has 1 atom stereocenters. The highest BCUT2D eigenvalue weighted by Gasteiger charge is 2.40. The molecule has 0 spiro atoms. The van der Waals surface area contributed by atoms with Crippen molar-refractivity contribution < 1.29 is 0 Å². The smallest absolute Gasteiger partial charge is 0.0289 e. The summed E-state index contributed by atoms with van der Waals surface area (Å²) in [6, 6.07) is 13.6. The molecule has 0 bridgehead atoms. The molecular weight excluding hydrogens is 400 g/mol. The van der Waals surface area contributed by atoms with Crippen LogP contribution >= 0.6 is 31.9 Å². The van der Waals surface area contributed by atoms with Gasteiger partial charge in [-0.3, -0.25) is 0 Å². The number of hydrogen-bond acceptors (Lipinski definition) is 0. The van der Waals surface area contributed by atoms with Gasteiger partial charge >= 0.3 is 0 Å². The van der Waals surface area contributed by atoms with Crippen LogP contribution in [0.4, 0.5) is 0 Å². The van der Waals surface area contributed by atoms with Gasteiger partial charge in [0.2, 0.25) is 0 Å². The number of alkyl halides is 2. The SMILES string of the molecule is CCCCC1(C)c2ccccc2-c2c(CBr)ccc(CBr)c21. The number of benzene rings is 2. The van der Waals surface area contributed by atoms with Gasteiger partial charge in [-0.05, 0) is 39.8 Å². The molecule has 0 nitrogen and oxygen atoms in total. The van der Waals surface area contributed by atoms with E-state index in [1.54, 1.807) is 5.56 Å². The van der Waals surface area contributed by atoms with Crippen molar-refractivity contribution in [1.29, 1.82) is 0 Å². The second-order valence-electron chi connectivity index (χ2n) is 6.38. The summed E-state index contributed by atoms with van der Waals surface area (Å²) >= 11 is 7.40. The summed E-state index contributed by atoms with van der Waals surface area (Å²) in [6.45, 7) is 4.73. The van der Waals surface area contributed by atoms with Gasteiger partial charge in [-0.1, -0.05) is 94.9 Å². The van der Waals surface area contributed by atoms with Gasteiger partial charge < -0.3 is 0 Å². The first-order valence-corrected chi connectivity index (χ1v) is 10.3. The second kappa shape index (κ2) is 6.49. The zero-order valence-electron chi connectivity index (χ0n) is 13.3. The van der Waals surface area contributed by atoms with Crippen molar-refractivity contribution >= 4 is 31.9 Å². The quantitative estimate of drug-likeness (QED) is 0.458. The van der Waals surface area contributed by atoms with Crippen LogP contribution in [-0.4, -0.2) is 0 Å². The molecule has 0 radical (unpaired) electrons. The molecule has 0 N–H and O–H groups in total. The van der Waals surface area contributed by atoms with Crippen molar-refractivity contribution in [2.45, 2.75) is 49.2 Å². The van der Waals surface area contributed by atoms with Gasteiger partial charge in [0, 0.05) is 16.1 Å². The maximum atomic E-state index is 3.71. The zero-order valence-corrected chi connectivity index (χ0v) is 16.4. The standard InChI is InChI=1S/C20H22Br2/c1-3-4-11-20(2)17-8-6-5-7-16(17)18-14(12-21)9-10-15(13-22)19(18)20/h5-10H,3-4,11-13H2,1-2H3. The molecule has 1 aliphatic carbocycles. The van der Waals surface area contributed by atoms with E-state index in [0.29, 0.717) is 0 Å². The predicted octanol–water partition coefficient (Wildman–Crippen LogP) is 6.95. The van der Waals surface area contributed by atoms with E-state index in [-0.39, 0.29) is 5.41 Å². The van der Waals surface area contributed by atoms with Crippen molar-refractivity contribution in [3.8, 4) is 11.1 Å². The van der Waals surface area contributed by atoms with E-state index in [1.165, 1.54) is 47.1 Å². The average Bonchev–Trinajstić information content (AvgIpc) is 2.83. The van der Waals surface area contributed by atoms with E-state index in [1.807, 2.05) is 0 Å². The fourth-order valence-corrected chi connectivity index (χ4v) is 4.89. The largest absolute Gasteiger partial charge is 0.0876 e. The lowest BCUT2D eigenvalue weighted by atomic mass is 9.74. The molecule has 0 aliphatic heterocycles. The summed E-state index contributed by atoms with van der Waals surface area (Å²) in [4.78, 5) is 0. The van der Waals surface area contributed by atoms with Crippen molar-refractivity contribution in [1.82, 2.24) is 0 Å². The van der Waals surface area contributed by atoms with Crippen LogP contribution in [0, 0.1) is 0 Å². The molecule has 2 heteroatoms. The van der Waals surface area contributed by atoms with Gasteiger partial charge in [0.25, 0.3) is 0 Å². The average molecular weight is 422 g/mol. The van der Waals surface area contributed by atoms with Crippen molar-refractivity contribution in [3.63, 3.8) is 0 Å². The van der Waals surface area contributed by atoms with Gasteiger partial charge in [-0.25, -0.2) is 0 Å². The summed E-state index contributed by atoms with van der Waals surface area (Å²) in [5, 5.41) is 1.84. The summed E-state index contributed by atoms with van der Waals surface area (Å²) in [7, 11) is 0. The predicted molar refractivity (Wildman–Crippen MR) is 103 cm³/mol. The van der Waals surface area contributed by atoms with Crippen LogP contribution in [-0.2, 0) is 16.1 Å². The number of fused-ring (bicyclic) bond motifs is 3. The van der Waals surface area contributed by atoms with E-state index in [4.69, 9.17) is 0 Å². The minimum absolute atomic E-state index is 0.142. The normalized spacial score (nSPS) is 19.1. The molecule has 0 fully saturated rings. The van der Waals surface area contributed by atoms with Gasteiger partial charge in [-0.15, -0.1) is 0 Å². The molecule has 0 amide bonds. The van der Waals surface area contributed by atoms with E-state index in [2.05, 4.69) is 82.1 Å². The van der Waals surface area contributed by atoms with Crippen LogP contribution in [0.1, 0.15) is 55.4 Å². The molecule has 22 heavy (non-hydrogen) atoms. The van der Waals surface area contributed by atoms with Crippen LogP contribution in [0.15, 0.2) is 36.4 Å². The van der Waals surface area contributed by atoms with Gasteiger partial charge in [0.1, 0.15) is 0 Å². The Morgan fingerprint density at radius 3 is 2.32 bits per heavy atom. The number of rotatable bonds is 5. The Balaban J connectivity index is 2.32. The van der Waals surface area contributed by atoms with Crippen LogP contribution in [0.2, 0.25) is 0 Å². The Labute approximate surface area is 150 Å². The fourth-order valence-electron chi connectivity index (χ4n) is 3.96. The van der Waals surface area contributed by atoms with Gasteiger partial charge in [0.05, 0.1) is 0 Å². The van der Waals surface area contributed by atoms with Crippen molar-refractivity contribution in [2.24, 2.45) is 0 Å². The first-order chi connectivity index (χ1) is 10.7. The molecule has 3 rings (SSSR count). The molecule has 0 aromatic heterocycles.